The smallest absolute Gasteiger partial charge is 0.243 e. The van der Waals surface area contributed by atoms with E-state index in [-0.39, 0.29) is 5.91 Å². The van der Waals surface area contributed by atoms with E-state index in [1.54, 1.807) is 0 Å². The molecule has 3 rings (SSSR count). The Balaban J connectivity index is 1.77. The minimum atomic E-state index is 0.0732. The lowest BCUT2D eigenvalue weighted by Crippen LogP contribution is -2.37. The van der Waals surface area contributed by atoms with E-state index in [0.717, 1.165) is 37.9 Å². The molecule has 0 aliphatic carbocycles. The highest BCUT2D eigenvalue weighted by molar-refractivity contribution is 5.95. The summed E-state index contributed by atoms with van der Waals surface area (Å²) in [7, 11) is 0. The molecule has 2 aromatic rings. The molecule has 0 aromatic heterocycles. The molecule has 1 N–H and O–H groups in total. The molecule has 0 atom stereocenters. The van der Waals surface area contributed by atoms with Gasteiger partial charge in [-0.05, 0) is 55.4 Å². The highest BCUT2D eigenvalue weighted by Crippen LogP contribution is 2.28. The molecular formula is C22H28N2O. The zero-order valence-corrected chi connectivity index (χ0v) is 15.6. The van der Waals surface area contributed by atoms with Crippen LogP contribution < -0.4 is 10.2 Å². The van der Waals surface area contributed by atoms with Crippen molar-refractivity contribution >= 4 is 17.3 Å². The molecule has 2 aromatic carbocycles. The Morgan fingerprint density at radius 2 is 1.84 bits per heavy atom. The number of anilines is 2. The van der Waals surface area contributed by atoms with Gasteiger partial charge in [-0.3, -0.25) is 4.79 Å². The van der Waals surface area contributed by atoms with Crippen molar-refractivity contribution in [1.82, 2.24) is 0 Å². The average Bonchev–Trinajstić information content (AvgIpc) is 2.61. The van der Waals surface area contributed by atoms with Gasteiger partial charge in [0.25, 0.3) is 0 Å². The molecule has 1 amide bonds. The monoisotopic (exact) mass is 336 g/mol. The minimum Gasteiger partial charge on any atom is -0.362 e. The van der Waals surface area contributed by atoms with Gasteiger partial charge in [-0.1, -0.05) is 49.7 Å². The van der Waals surface area contributed by atoms with E-state index >= 15 is 0 Å². The summed E-state index contributed by atoms with van der Waals surface area (Å²) < 4.78 is 0. The zero-order valence-electron chi connectivity index (χ0n) is 15.6. The van der Waals surface area contributed by atoms with Gasteiger partial charge in [0, 0.05) is 17.9 Å². The fourth-order valence-electron chi connectivity index (χ4n) is 3.72. The van der Waals surface area contributed by atoms with Crippen LogP contribution in [0.5, 0.6) is 0 Å². The summed E-state index contributed by atoms with van der Waals surface area (Å²) in [5, 5.41) is 3.19. The topological polar surface area (TPSA) is 32.3 Å². The lowest BCUT2D eigenvalue weighted by Gasteiger charge is -2.31. The third-order valence-corrected chi connectivity index (χ3v) is 5.05. The Morgan fingerprint density at radius 3 is 2.52 bits per heavy atom. The number of hydrogen-bond acceptors (Lipinski definition) is 2. The van der Waals surface area contributed by atoms with Gasteiger partial charge in [-0.25, -0.2) is 0 Å². The molecule has 0 unspecified atom stereocenters. The molecule has 3 nitrogen and oxygen atoms in total. The number of amides is 1. The van der Waals surface area contributed by atoms with E-state index in [4.69, 9.17) is 0 Å². The van der Waals surface area contributed by atoms with Gasteiger partial charge >= 0.3 is 0 Å². The van der Waals surface area contributed by atoms with Crippen molar-refractivity contribution in [3.05, 3.63) is 58.7 Å². The maximum Gasteiger partial charge on any atom is 0.243 e. The van der Waals surface area contributed by atoms with E-state index in [2.05, 4.69) is 67.4 Å². The molecular weight excluding hydrogens is 308 g/mol. The summed E-state index contributed by atoms with van der Waals surface area (Å²) in [6, 6.07) is 12.8. The first-order chi connectivity index (χ1) is 12.1. The van der Waals surface area contributed by atoms with Crippen LogP contribution in [0.25, 0.3) is 0 Å². The minimum absolute atomic E-state index is 0.0732. The van der Waals surface area contributed by atoms with Crippen LogP contribution in [0.2, 0.25) is 0 Å². The Kier molecular flexibility index (Phi) is 5.42. The van der Waals surface area contributed by atoms with Crippen LogP contribution >= 0.6 is 0 Å². The predicted octanol–water partition coefficient (Wildman–Crippen LogP) is 4.51. The second-order valence-electron chi connectivity index (χ2n) is 6.86. The largest absolute Gasteiger partial charge is 0.362 e. The molecule has 0 spiro atoms. The van der Waals surface area contributed by atoms with E-state index in [0.29, 0.717) is 6.54 Å². The van der Waals surface area contributed by atoms with Gasteiger partial charge in [0.05, 0.1) is 6.54 Å². The van der Waals surface area contributed by atoms with Crippen molar-refractivity contribution in [3.63, 3.8) is 0 Å². The Morgan fingerprint density at radius 1 is 1.12 bits per heavy atom. The second kappa shape index (κ2) is 7.73. The lowest BCUT2D eigenvalue weighted by atomic mass is 9.99. The Labute approximate surface area is 151 Å². The van der Waals surface area contributed by atoms with Gasteiger partial charge < -0.3 is 10.2 Å². The average molecular weight is 336 g/mol. The van der Waals surface area contributed by atoms with E-state index < -0.39 is 0 Å². The zero-order chi connectivity index (χ0) is 17.8. The maximum atomic E-state index is 12.7. The first-order valence-corrected chi connectivity index (χ1v) is 9.37. The summed E-state index contributed by atoms with van der Waals surface area (Å²) in [6.45, 7) is 7.75. The summed E-state index contributed by atoms with van der Waals surface area (Å²) in [6.07, 6.45) is 4.06. The van der Waals surface area contributed by atoms with Crippen LogP contribution in [-0.2, 0) is 24.1 Å². The number of carbonyl (C=O) groups excluding carboxylic acids is 1. The number of carbonyl (C=O) groups is 1. The fourth-order valence-corrected chi connectivity index (χ4v) is 3.72. The molecule has 1 heterocycles. The van der Waals surface area contributed by atoms with Gasteiger partial charge in [-0.15, -0.1) is 0 Å². The van der Waals surface area contributed by atoms with Crippen molar-refractivity contribution < 1.29 is 4.79 Å². The number of fused-ring (bicyclic) bond motifs is 1. The first kappa shape index (κ1) is 17.5. The molecule has 3 heteroatoms. The van der Waals surface area contributed by atoms with E-state index in [9.17, 15) is 4.79 Å². The van der Waals surface area contributed by atoms with Crippen LogP contribution in [0.4, 0.5) is 11.4 Å². The molecule has 0 radical (unpaired) electrons. The number of rotatable bonds is 5. The highest BCUT2D eigenvalue weighted by atomic mass is 16.2. The van der Waals surface area contributed by atoms with Crippen LogP contribution in [0, 0.1) is 6.92 Å². The third-order valence-electron chi connectivity index (χ3n) is 5.05. The third kappa shape index (κ3) is 3.87. The first-order valence-electron chi connectivity index (χ1n) is 9.37. The summed E-state index contributed by atoms with van der Waals surface area (Å²) in [5.74, 6) is 0.0732. The quantitative estimate of drug-likeness (QED) is 0.871. The van der Waals surface area contributed by atoms with Crippen molar-refractivity contribution in [2.24, 2.45) is 0 Å². The fraction of sp³-hybridized carbons (Fsp3) is 0.409. The summed E-state index contributed by atoms with van der Waals surface area (Å²) in [4.78, 5) is 15.0. The number of benzene rings is 2. The van der Waals surface area contributed by atoms with Gasteiger partial charge in [0.15, 0.2) is 0 Å². The van der Waals surface area contributed by atoms with E-state index in [1.807, 2.05) is 0 Å². The number of nitrogens with one attached hydrogen (secondary N) is 1. The number of para-hydroxylation sites is 1. The highest BCUT2D eigenvalue weighted by Gasteiger charge is 2.20. The maximum absolute atomic E-state index is 12.7. The molecule has 0 saturated heterocycles. The molecule has 0 saturated carbocycles. The van der Waals surface area contributed by atoms with Crippen LogP contribution in [-0.4, -0.2) is 19.0 Å². The van der Waals surface area contributed by atoms with Gasteiger partial charge in [-0.2, -0.15) is 0 Å². The standard InChI is InChI=1S/C22H28N2O/c1-4-17-8-6-9-18(5-2)22(17)23-21(25)15-24-13-7-10-19-14-16(3)11-12-20(19)24/h6,8-9,11-12,14H,4-5,7,10,13,15H2,1-3H3,(H,23,25). The summed E-state index contributed by atoms with van der Waals surface area (Å²) >= 11 is 0. The summed E-state index contributed by atoms with van der Waals surface area (Å²) in [5.41, 5.74) is 7.30. The SMILES string of the molecule is CCc1cccc(CC)c1NC(=O)CN1CCCc2cc(C)ccc21. The van der Waals surface area contributed by atoms with E-state index in [1.165, 1.54) is 27.9 Å². The van der Waals surface area contributed by atoms with Crippen LogP contribution in [0.1, 0.15) is 42.5 Å². The number of nitrogens with zero attached hydrogens (tertiary/aromatic N) is 1. The second-order valence-corrected chi connectivity index (χ2v) is 6.86. The van der Waals surface area contributed by atoms with Crippen LogP contribution in [0.3, 0.4) is 0 Å². The van der Waals surface area contributed by atoms with Crippen molar-refractivity contribution in [2.45, 2.75) is 46.5 Å². The molecule has 1 aliphatic rings. The van der Waals surface area contributed by atoms with Gasteiger partial charge in [0.2, 0.25) is 5.91 Å². The molecule has 0 fully saturated rings. The van der Waals surface area contributed by atoms with Crippen molar-refractivity contribution in [1.29, 1.82) is 0 Å². The Hall–Kier alpha value is -2.29. The normalized spacial score (nSPS) is 13.5. The molecule has 132 valence electrons. The predicted molar refractivity (Wildman–Crippen MR) is 106 cm³/mol. The van der Waals surface area contributed by atoms with Crippen molar-refractivity contribution in [3.8, 4) is 0 Å². The van der Waals surface area contributed by atoms with Crippen molar-refractivity contribution in [2.75, 3.05) is 23.3 Å². The van der Waals surface area contributed by atoms with Crippen LogP contribution in [0.15, 0.2) is 36.4 Å². The number of aryl methyl sites for hydroxylation is 4. The lowest BCUT2D eigenvalue weighted by molar-refractivity contribution is -0.115. The molecule has 0 bridgehead atoms. The molecule has 25 heavy (non-hydrogen) atoms. The molecule has 1 aliphatic heterocycles. The Bertz CT molecular complexity index is 744. The number of hydrogen-bond donors (Lipinski definition) is 1. The van der Waals surface area contributed by atoms with Gasteiger partial charge in [0.1, 0.15) is 0 Å².